The summed E-state index contributed by atoms with van der Waals surface area (Å²) in [6.07, 6.45) is 3.00. The monoisotopic (exact) mass is 378 g/mol. The molecule has 7 heteroatoms. The molecular weight excluding hydrogens is 348 g/mol. The summed E-state index contributed by atoms with van der Waals surface area (Å²) in [5.74, 6) is 0.999. The number of nitrogens with zero attached hydrogens (tertiary/aromatic N) is 4. The highest BCUT2D eigenvalue weighted by Crippen LogP contribution is 2.25. The van der Waals surface area contributed by atoms with Crippen molar-refractivity contribution in [3.05, 3.63) is 24.0 Å². The van der Waals surface area contributed by atoms with Gasteiger partial charge in [-0.1, -0.05) is 20.3 Å². The van der Waals surface area contributed by atoms with E-state index >= 15 is 0 Å². The number of fused-ring (bicyclic) bond motifs is 1. The molecule has 1 aliphatic rings. The van der Waals surface area contributed by atoms with Crippen molar-refractivity contribution in [1.29, 1.82) is 0 Å². The predicted octanol–water partition coefficient (Wildman–Crippen LogP) is 3.07. The molecule has 1 saturated heterocycles. The van der Waals surface area contributed by atoms with Crippen molar-refractivity contribution in [3.63, 3.8) is 0 Å². The summed E-state index contributed by atoms with van der Waals surface area (Å²) in [6, 6.07) is 5.40. The average molecular weight is 379 g/mol. The van der Waals surface area contributed by atoms with Crippen molar-refractivity contribution < 1.29 is 8.42 Å². The summed E-state index contributed by atoms with van der Waals surface area (Å²) >= 11 is 0. The first-order valence-electron chi connectivity index (χ1n) is 9.72. The molecule has 0 unspecified atom stereocenters. The van der Waals surface area contributed by atoms with Gasteiger partial charge in [-0.25, -0.2) is 13.4 Å². The maximum Gasteiger partial charge on any atom is 0.243 e. The van der Waals surface area contributed by atoms with Crippen LogP contribution in [0.3, 0.4) is 0 Å². The number of aryl methyl sites for hydroxylation is 1. The number of aromatic nitrogens is 2. The molecule has 0 bridgehead atoms. The lowest BCUT2D eigenvalue weighted by Crippen LogP contribution is -2.35. The van der Waals surface area contributed by atoms with E-state index in [1.807, 2.05) is 6.07 Å². The smallest absolute Gasteiger partial charge is 0.243 e. The standard InChI is InChI=1S/C19H30N4O2S/c1-4-21(5-2)15-19-20-17-14-16(10-11-18(17)23(19)6-3)26(24,25)22-12-8-7-9-13-22/h10-11,14H,4-9,12-13,15H2,1-3H3. The van der Waals surface area contributed by atoms with E-state index in [1.165, 1.54) is 0 Å². The van der Waals surface area contributed by atoms with E-state index in [0.717, 1.165) is 62.3 Å². The van der Waals surface area contributed by atoms with Gasteiger partial charge < -0.3 is 4.57 Å². The highest BCUT2D eigenvalue weighted by molar-refractivity contribution is 7.89. The van der Waals surface area contributed by atoms with Crippen LogP contribution in [0.25, 0.3) is 11.0 Å². The second kappa shape index (κ2) is 8.06. The fraction of sp³-hybridized carbons (Fsp3) is 0.632. The summed E-state index contributed by atoms with van der Waals surface area (Å²) in [4.78, 5) is 7.46. The number of imidazole rings is 1. The van der Waals surface area contributed by atoms with Gasteiger partial charge in [0.1, 0.15) is 5.82 Å². The van der Waals surface area contributed by atoms with Crippen LogP contribution in [0, 0.1) is 0 Å². The topological polar surface area (TPSA) is 58.4 Å². The number of piperidine rings is 1. The fourth-order valence-electron chi connectivity index (χ4n) is 3.70. The second-order valence-corrected chi connectivity index (χ2v) is 8.79. The van der Waals surface area contributed by atoms with E-state index in [2.05, 4.69) is 30.2 Å². The number of rotatable bonds is 7. The van der Waals surface area contributed by atoms with Crippen molar-refractivity contribution in [2.45, 2.75) is 58.0 Å². The van der Waals surface area contributed by atoms with E-state index in [9.17, 15) is 8.42 Å². The first-order chi connectivity index (χ1) is 12.5. The van der Waals surface area contributed by atoms with Crippen LogP contribution in [-0.2, 0) is 23.1 Å². The zero-order valence-corrected chi connectivity index (χ0v) is 16.9. The number of sulfonamides is 1. The van der Waals surface area contributed by atoms with Gasteiger partial charge in [-0.2, -0.15) is 4.31 Å². The van der Waals surface area contributed by atoms with E-state index in [4.69, 9.17) is 4.98 Å². The lowest BCUT2D eigenvalue weighted by Gasteiger charge is -2.25. The molecule has 1 aliphatic heterocycles. The molecule has 0 saturated carbocycles. The number of benzene rings is 1. The molecular formula is C19H30N4O2S. The molecule has 6 nitrogen and oxygen atoms in total. The van der Waals surface area contributed by atoms with Gasteiger partial charge in [0.2, 0.25) is 10.0 Å². The molecule has 0 amide bonds. The van der Waals surface area contributed by atoms with Gasteiger partial charge in [0.05, 0.1) is 22.5 Å². The third kappa shape index (κ3) is 3.66. The molecule has 1 aromatic carbocycles. The van der Waals surface area contributed by atoms with E-state index in [1.54, 1.807) is 16.4 Å². The molecule has 1 fully saturated rings. The maximum absolute atomic E-state index is 12.9. The van der Waals surface area contributed by atoms with Crippen LogP contribution >= 0.6 is 0 Å². The van der Waals surface area contributed by atoms with Crippen LogP contribution in [0.4, 0.5) is 0 Å². The first kappa shape index (κ1) is 19.3. The highest BCUT2D eigenvalue weighted by atomic mass is 32.2. The Morgan fingerprint density at radius 1 is 1.08 bits per heavy atom. The predicted molar refractivity (Wildman–Crippen MR) is 105 cm³/mol. The fourth-order valence-corrected chi connectivity index (χ4v) is 5.23. The van der Waals surface area contributed by atoms with Crippen LogP contribution in [0.2, 0.25) is 0 Å². The van der Waals surface area contributed by atoms with Crippen molar-refractivity contribution in [1.82, 2.24) is 18.8 Å². The van der Waals surface area contributed by atoms with Crippen molar-refractivity contribution in [2.75, 3.05) is 26.2 Å². The Kier molecular flexibility index (Phi) is 5.99. The molecule has 0 atom stereocenters. The lowest BCUT2D eigenvalue weighted by molar-refractivity contribution is 0.284. The van der Waals surface area contributed by atoms with Crippen LogP contribution < -0.4 is 0 Å². The maximum atomic E-state index is 12.9. The normalized spacial score (nSPS) is 16.6. The summed E-state index contributed by atoms with van der Waals surface area (Å²) in [6.45, 7) is 11.2. The zero-order chi connectivity index (χ0) is 18.7. The minimum atomic E-state index is -3.42. The molecule has 0 radical (unpaired) electrons. The van der Waals surface area contributed by atoms with Gasteiger partial charge in [0, 0.05) is 19.6 Å². The Bertz CT molecular complexity index is 850. The van der Waals surface area contributed by atoms with Crippen LogP contribution in [0.5, 0.6) is 0 Å². The molecule has 0 aliphatic carbocycles. The van der Waals surface area contributed by atoms with Gasteiger partial charge in [-0.05, 0) is 51.1 Å². The van der Waals surface area contributed by atoms with Crippen LogP contribution in [0.1, 0.15) is 45.9 Å². The molecule has 2 aromatic rings. The SMILES string of the molecule is CCN(CC)Cc1nc2cc(S(=O)(=O)N3CCCCC3)ccc2n1CC. The quantitative estimate of drug-likeness (QED) is 0.743. The zero-order valence-electron chi connectivity index (χ0n) is 16.1. The Balaban J connectivity index is 1.98. The minimum Gasteiger partial charge on any atom is -0.327 e. The molecule has 0 N–H and O–H groups in total. The molecule has 144 valence electrons. The molecule has 0 spiro atoms. The highest BCUT2D eigenvalue weighted by Gasteiger charge is 2.26. The summed E-state index contributed by atoms with van der Waals surface area (Å²) in [7, 11) is -3.42. The third-order valence-corrected chi connectivity index (χ3v) is 7.22. The molecule has 26 heavy (non-hydrogen) atoms. The van der Waals surface area contributed by atoms with Gasteiger partial charge in [-0.3, -0.25) is 4.90 Å². The summed E-state index contributed by atoms with van der Waals surface area (Å²) in [5.41, 5.74) is 1.78. The van der Waals surface area contributed by atoms with Crippen molar-refractivity contribution >= 4 is 21.1 Å². The minimum absolute atomic E-state index is 0.363. The summed E-state index contributed by atoms with van der Waals surface area (Å²) < 4.78 is 29.7. The number of hydrogen-bond acceptors (Lipinski definition) is 4. The van der Waals surface area contributed by atoms with Crippen LogP contribution in [0.15, 0.2) is 23.1 Å². The van der Waals surface area contributed by atoms with Gasteiger partial charge >= 0.3 is 0 Å². The van der Waals surface area contributed by atoms with E-state index < -0.39 is 10.0 Å². The van der Waals surface area contributed by atoms with Crippen molar-refractivity contribution in [2.24, 2.45) is 0 Å². The largest absolute Gasteiger partial charge is 0.327 e. The first-order valence-corrected chi connectivity index (χ1v) is 11.2. The van der Waals surface area contributed by atoms with Crippen molar-refractivity contribution in [3.8, 4) is 0 Å². The van der Waals surface area contributed by atoms with E-state index in [-0.39, 0.29) is 0 Å². The van der Waals surface area contributed by atoms with E-state index in [0.29, 0.717) is 18.0 Å². The van der Waals surface area contributed by atoms with Gasteiger partial charge in [0.15, 0.2) is 0 Å². The lowest BCUT2D eigenvalue weighted by atomic mass is 10.2. The Labute approximate surface area is 156 Å². The summed E-state index contributed by atoms with van der Waals surface area (Å²) in [5, 5.41) is 0. The van der Waals surface area contributed by atoms with Gasteiger partial charge in [-0.15, -0.1) is 0 Å². The molecule has 3 rings (SSSR count). The Morgan fingerprint density at radius 3 is 2.38 bits per heavy atom. The third-order valence-electron chi connectivity index (χ3n) is 5.33. The second-order valence-electron chi connectivity index (χ2n) is 6.85. The molecule has 1 aromatic heterocycles. The Hall–Kier alpha value is -1.44. The Morgan fingerprint density at radius 2 is 1.77 bits per heavy atom. The molecule has 2 heterocycles. The van der Waals surface area contributed by atoms with Gasteiger partial charge in [0.25, 0.3) is 0 Å². The van der Waals surface area contributed by atoms with Crippen LogP contribution in [-0.4, -0.2) is 53.4 Å². The average Bonchev–Trinajstić information content (AvgIpc) is 3.02. The number of hydrogen-bond donors (Lipinski definition) is 0.